The Hall–Kier alpha value is -2.51. The van der Waals surface area contributed by atoms with Crippen LogP contribution in [0.1, 0.15) is 40.3 Å². The highest BCUT2D eigenvalue weighted by atomic mass is 16.5. The van der Waals surface area contributed by atoms with Gasteiger partial charge >= 0.3 is 5.97 Å². The Kier molecular flexibility index (Phi) is 6.01. The molecular weight excluding hydrogens is 382 g/mol. The molecule has 0 bridgehead atoms. The number of aliphatic hydroxyl groups excluding tert-OH is 1. The predicted molar refractivity (Wildman–Crippen MR) is 111 cm³/mol. The lowest BCUT2D eigenvalue weighted by Gasteiger charge is -2.35. The van der Waals surface area contributed by atoms with Crippen LogP contribution in [0.3, 0.4) is 0 Å². The second kappa shape index (κ2) is 8.70. The normalized spacial score (nSPS) is 26.3. The summed E-state index contributed by atoms with van der Waals surface area (Å²) in [5, 5.41) is 10.7. The maximum absolute atomic E-state index is 11.5. The number of fused-ring (bicyclic) bond motifs is 1. The van der Waals surface area contributed by atoms with Crippen molar-refractivity contribution in [2.24, 2.45) is 11.8 Å². The molecule has 1 saturated heterocycles. The molecule has 0 amide bonds. The number of aliphatic hydroxyl groups is 1. The van der Waals surface area contributed by atoms with Crippen molar-refractivity contribution in [1.82, 2.24) is 14.9 Å². The third-order valence-corrected chi connectivity index (χ3v) is 6.24. The number of aromatic nitrogens is 2. The number of likely N-dealkylation sites (tertiary alicyclic amines) is 1. The maximum atomic E-state index is 11.5. The fourth-order valence-corrected chi connectivity index (χ4v) is 4.71. The standard InChI is InChI=1S/C23H29N3O4/c1-14-4-7-21(15(2)25-14)30-22-9-18-13-26(12-17(18)8-20(22)27)11-16-5-6-19(24-10-16)23(28)29-3/h4-7,10,17-18,20,22,27H,8-9,11-13H2,1-3H3/t17-,18+,20+,22+/m0/s1. The van der Waals surface area contributed by atoms with Gasteiger partial charge in [-0.25, -0.2) is 9.78 Å². The number of hydrogen-bond donors (Lipinski definition) is 1. The van der Waals surface area contributed by atoms with E-state index < -0.39 is 12.1 Å². The van der Waals surface area contributed by atoms with Crippen molar-refractivity contribution in [2.75, 3.05) is 20.2 Å². The second-order valence-electron chi connectivity index (χ2n) is 8.49. The van der Waals surface area contributed by atoms with Crippen LogP contribution in [-0.4, -0.2) is 58.4 Å². The molecular formula is C23H29N3O4. The van der Waals surface area contributed by atoms with E-state index in [1.165, 1.54) is 7.11 Å². The summed E-state index contributed by atoms with van der Waals surface area (Å²) < 4.78 is 10.9. The summed E-state index contributed by atoms with van der Waals surface area (Å²) in [4.78, 5) is 22.6. The molecule has 0 unspecified atom stereocenters. The number of rotatable bonds is 5. The van der Waals surface area contributed by atoms with E-state index in [1.54, 1.807) is 12.3 Å². The van der Waals surface area contributed by atoms with Crippen molar-refractivity contribution >= 4 is 5.97 Å². The first-order valence-electron chi connectivity index (χ1n) is 10.5. The van der Waals surface area contributed by atoms with E-state index in [1.807, 2.05) is 32.0 Å². The first kappa shape index (κ1) is 20.8. The number of nitrogens with zero attached hydrogens (tertiary/aromatic N) is 3. The molecule has 1 N–H and O–H groups in total. The van der Waals surface area contributed by atoms with Crippen LogP contribution in [0.2, 0.25) is 0 Å². The average molecular weight is 412 g/mol. The van der Waals surface area contributed by atoms with Crippen LogP contribution in [0.5, 0.6) is 5.75 Å². The first-order valence-corrected chi connectivity index (χ1v) is 10.5. The Balaban J connectivity index is 1.36. The fraction of sp³-hybridized carbons (Fsp3) is 0.522. The molecule has 1 aliphatic heterocycles. The lowest BCUT2D eigenvalue weighted by molar-refractivity contribution is -0.0236. The molecule has 1 saturated carbocycles. The van der Waals surface area contributed by atoms with Gasteiger partial charge in [0.15, 0.2) is 0 Å². The van der Waals surface area contributed by atoms with Gasteiger partial charge in [0, 0.05) is 31.5 Å². The van der Waals surface area contributed by atoms with Gasteiger partial charge in [-0.2, -0.15) is 0 Å². The van der Waals surface area contributed by atoms with Crippen molar-refractivity contribution in [2.45, 2.75) is 45.4 Å². The Bertz CT molecular complexity index is 902. The van der Waals surface area contributed by atoms with Gasteiger partial charge in [0.25, 0.3) is 0 Å². The van der Waals surface area contributed by atoms with Gasteiger partial charge in [-0.05, 0) is 62.3 Å². The summed E-state index contributed by atoms with van der Waals surface area (Å²) >= 11 is 0. The number of hydrogen-bond acceptors (Lipinski definition) is 7. The van der Waals surface area contributed by atoms with Crippen LogP contribution < -0.4 is 4.74 Å². The molecule has 30 heavy (non-hydrogen) atoms. The highest BCUT2D eigenvalue weighted by Gasteiger charge is 2.42. The summed E-state index contributed by atoms with van der Waals surface area (Å²) in [6, 6.07) is 7.52. The number of pyridine rings is 2. The molecule has 1 aliphatic carbocycles. The molecule has 2 aromatic heterocycles. The third-order valence-electron chi connectivity index (χ3n) is 6.24. The topological polar surface area (TPSA) is 84.8 Å². The van der Waals surface area contributed by atoms with E-state index in [-0.39, 0.29) is 6.10 Å². The quantitative estimate of drug-likeness (QED) is 0.757. The molecule has 2 fully saturated rings. The first-order chi connectivity index (χ1) is 14.4. The zero-order valence-electron chi connectivity index (χ0n) is 17.7. The van der Waals surface area contributed by atoms with Crippen LogP contribution in [0.4, 0.5) is 0 Å². The van der Waals surface area contributed by atoms with Crippen LogP contribution in [0, 0.1) is 25.7 Å². The molecule has 0 radical (unpaired) electrons. The van der Waals surface area contributed by atoms with Gasteiger partial charge < -0.3 is 14.6 Å². The molecule has 0 aromatic carbocycles. The van der Waals surface area contributed by atoms with Gasteiger partial charge in [-0.15, -0.1) is 0 Å². The molecule has 2 aromatic rings. The van der Waals surface area contributed by atoms with Crippen molar-refractivity contribution in [1.29, 1.82) is 0 Å². The fourth-order valence-electron chi connectivity index (χ4n) is 4.71. The number of methoxy groups -OCH3 is 1. The van der Waals surface area contributed by atoms with Crippen molar-refractivity contribution in [3.63, 3.8) is 0 Å². The Labute approximate surface area is 177 Å². The summed E-state index contributed by atoms with van der Waals surface area (Å²) in [6.07, 6.45) is 2.67. The van der Waals surface area contributed by atoms with Crippen LogP contribution in [0.15, 0.2) is 30.5 Å². The van der Waals surface area contributed by atoms with Crippen LogP contribution >= 0.6 is 0 Å². The largest absolute Gasteiger partial charge is 0.486 e. The van der Waals surface area contributed by atoms with Crippen molar-refractivity contribution in [3.05, 3.63) is 53.1 Å². The van der Waals surface area contributed by atoms with Gasteiger partial charge in [-0.1, -0.05) is 6.07 Å². The van der Waals surface area contributed by atoms with E-state index in [0.29, 0.717) is 17.5 Å². The van der Waals surface area contributed by atoms with Crippen LogP contribution in [-0.2, 0) is 11.3 Å². The molecule has 7 heteroatoms. The van der Waals surface area contributed by atoms with E-state index in [0.717, 1.165) is 55.2 Å². The summed E-state index contributed by atoms with van der Waals surface area (Å²) in [7, 11) is 1.35. The number of aryl methyl sites for hydroxylation is 2. The Morgan fingerprint density at radius 2 is 1.93 bits per heavy atom. The lowest BCUT2D eigenvalue weighted by atomic mass is 9.78. The molecule has 4 atom stereocenters. The molecule has 0 spiro atoms. The van der Waals surface area contributed by atoms with Gasteiger partial charge in [-0.3, -0.25) is 9.88 Å². The Morgan fingerprint density at radius 1 is 1.17 bits per heavy atom. The number of ether oxygens (including phenoxy) is 2. The van der Waals surface area contributed by atoms with Crippen molar-refractivity contribution in [3.8, 4) is 5.75 Å². The van der Waals surface area contributed by atoms with E-state index in [2.05, 4.69) is 14.9 Å². The third kappa shape index (κ3) is 4.47. The second-order valence-corrected chi connectivity index (χ2v) is 8.49. The minimum absolute atomic E-state index is 0.199. The molecule has 4 rings (SSSR count). The number of carbonyl (C=O) groups is 1. The Morgan fingerprint density at radius 3 is 2.60 bits per heavy atom. The molecule has 160 valence electrons. The summed E-state index contributed by atoms with van der Waals surface area (Å²) in [6.45, 7) is 6.61. The highest BCUT2D eigenvalue weighted by Crippen LogP contribution is 2.38. The summed E-state index contributed by atoms with van der Waals surface area (Å²) in [5.74, 6) is 1.31. The van der Waals surface area contributed by atoms with Crippen LogP contribution in [0.25, 0.3) is 0 Å². The molecule has 7 nitrogen and oxygen atoms in total. The van der Waals surface area contributed by atoms with E-state index >= 15 is 0 Å². The zero-order valence-corrected chi connectivity index (χ0v) is 17.7. The zero-order chi connectivity index (χ0) is 21.3. The van der Waals surface area contributed by atoms with Gasteiger partial charge in [0.2, 0.25) is 0 Å². The van der Waals surface area contributed by atoms with Gasteiger partial charge in [0.05, 0.1) is 18.9 Å². The van der Waals surface area contributed by atoms with E-state index in [9.17, 15) is 9.90 Å². The maximum Gasteiger partial charge on any atom is 0.356 e. The number of carbonyl (C=O) groups excluding carboxylic acids is 1. The SMILES string of the molecule is COC(=O)c1ccc(CN2C[C@H]3C[C@@H](Oc4ccc(C)nc4C)[C@H](O)C[C@H]3C2)cn1. The molecule has 3 heterocycles. The smallest absolute Gasteiger partial charge is 0.356 e. The van der Waals surface area contributed by atoms with Crippen molar-refractivity contribution < 1.29 is 19.4 Å². The highest BCUT2D eigenvalue weighted by molar-refractivity contribution is 5.86. The van der Waals surface area contributed by atoms with Gasteiger partial charge in [0.1, 0.15) is 17.5 Å². The molecule has 2 aliphatic rings. The predicted octanol–water partition coefficient (Wildman–Crippen LogP) is 2.53. The monoisotopic (exact) mass is 411 g/mol. The average Bonchev–Trinajstić information content (AvgIpc) is 3.11. The van der Waals surface area contributed by atoms with E-state index in [4.69, 9.17) is 9.47 Å². The minimum atomic E-state index is -0.465. The number of esters is 1. The summed E-state index contributed by atoms with van der Waals surface area (Å²) in [5.41, 5.74) is 3.21. The lowest BCUT2D eigenvalue weighted by Crippen LogP contribution is -2.42. The minimum Gasteiger partial charge on any atom is -0.486 e.